The van der Waals surface area contributed by atoms with E-state index >= 15 is 0 Å². The van der Waals surface area contributed by atoms with E-state index in [0.717, 1.165) is 17.1 Å². The first-order valence-electron chi connectivity index (χ1n) is 7.70. The average molecular weight is 325 g/mol. The molecule has 6 heteroatoms. The third kappa shape index (κ3) is 6.88. The number of carbonyl (C=O) groups is 1. The van der Waals surface area contributed by atoms with Crippen LogP contribution in [0.1, 0.15) is 31.4 Å². The predicted octanol–water partition coefficient (Wildman–Crippen LogP) is 2.32. The lowest BCUT2D eigenvalue weighted by atomic mass is 10.1. The van der Waals surface area contributed by atoms with Gasteiger partial charge in [-0.25, -0.2) is 0 Å². The van der Waals surface area contributed by atoms with Gasteiger partial charge < -0.3 is 24.3 Å². The van der Waals surface area contributed by atoms with E-state index in [1.807, 2.05) is 25.1 Å². The van der Waals surface area contributed by atoms with Crippen molar-refractivity contribution in [3.05, 3.63) is 23.8 Å². The van der Waals surface area contributed by atoms with Gasteiger partial charge in [0, 0.05) is 25.7 Å². The molecule has 0 aliphatic heterocycles. The largest absolute Gasteiger partial charge is 0.497 e. The maximum absolute atomic E-state index is 12.0. The fourth-order valence-corrected chi connectivity index (χ4v) is 2.15. The molecule has 0 radical (unpaired) electrons. The summed E-state index contributed by atoms with van der Waals surface area (Å²) in [5, 5.41) is 2.97. The van der Waals surface area contributed by atoms with Crippen molar-refractivity contribution >= 4 is 5.91 Å². The van der Waals surface area contributed by atoms with E-state index in [0.29, 0.717) is 32.7 Å². The Bertz CT molecular complexity index is 478. The maximum Gasteiger partial charge on any atom is 0.220 e. The van der Waals surface area contributed by atoms with Crippen molar-refractivity contribution in [2.45, 2.75) is 25.8 Å². The van der Waals surface area contributed by atoms with Crippen molar-refractivity contribution in [1.82, 2.24) is 5.32 Å². The van der Waals surface area contributed by atoms with Crippen molar-refractivity contribution in [3.63, 3.8) is 0 Å². The SMILES string of the molecule is COCCOCCCC(=O)N[C@H](C)c1cc(OC)ccc1OC. The van der Waals surface area contributed by atoms with Crippen molar-refractivity contribution in [2.75, 3.05) is 41.2 Å². The van der Waals surface area contributed by atoms with E-state index in [1.165, 1.54) is 0 Å². The molecule has 1 amide bonds. The van der Waals surface area contributed by atoms with Gasteiger partial charge in [0.2, 0.25) is 5.91 Å². The van der Waals surface area contributed by atoms with Crippen LogP contribution in [0.5, 0.6) is 11.5 Å². The van der Waals surface area contributed by atoms with Gasteiger partial charge in [0.15, 0.2) is 0 Å². The highest BCUT2D eigenvalue weighted by atomic mass is 16.5. The Labute approximate surface area is 138 Å². The molecule has 0 aromatic heterocycles. The molecular formula is C17H27NO5. The first kappa shape index (κ1) is 19.3. The summed E-state index contributed by atoms with van der Waals surface area (Å²) < 4.78 is 20.8. The minimum atomic E-state index is -0.165. The second kappa shape index (κ2) is 10.9. The molecule has 1 aromatic rings. The highest BCUT2D eigenvalue weighted by Crippen LogP contribution is 2.29. The molecule has 0 aliphatic rings. The Morgan fingerprint density at radius 1 is 1.13 bits per heavy atom. The van der Waals surface area contributed by atoms with Crippen LogP contribution in [0.15, 0.2) is 18.2 Å². The fourth-order valence-electron chi connectivity index (χ4n) is 2.15. The van der Waals surface area contributed by atoms with Crippen molar-refractivity contribution < 1.29 is 23.7 Å². The summed E-state index contributed by atoms with van der Waals surface area (Å²) >= 11 is 0. The summed E-state index contributed by atoms with van der Waals surface area (Å²) in [4.78, 5) is 12.0. The zero-order chi connectivity index (χ0) is 17.1. The average Bonchev–Trinajstić information content (AvgIpc) is 2.57. The summed E-state index contributed by atoms with van der Waals surface area (Å²) in [7, 11) is 4.85. The summed E-state index contributed by atoms with van der Waals surface area (Å²) in [5.74, 6) is 1.44. The number of benzene rings is 1. The van der Waals surface area contributed by atoms with E-state index in [9.17, 15) is 4.79 Å². The van der Waals surface area contributed by atoms with E-state index in [2.05, 4.69) is 5.32 Å². The molecule has 0 fully saturated rings. The molecule has 0 heterocycles. The molecule has 0 saturated carbocycles. The molecule has 0 aliphatic carbocycles. The van der Waals surface area contributed by atoms with Crippen LogP contribution in [0.4, 0.5) is 0 Å². The van der Waals surface area contributed by atoms with Crippen LogP contribution >= 0.6 is 0 Å². The lowest BCUT2D eigenvalue weighted by molar-refractivity contribution is -0.122. The van der Waals surface area contributed by atoms with Crippen LogP contribution in [0.3, 0.4) is 0 Å². The topological polar surface area (TPSA) is 66.0 Å². The Kier molecular flexibility index (Phi) is 9.09. The Balaban J connectivity index is 2.45. The van der Waals surface area contributed by atoms with Crippen LogP contribution in [0.2, 0.25) is 0 Å². The molecule has 1 rings (SSSR count). The molecule has 0 saturated heterocycles. The quantitative estimate of drug-likeness (QED) is 0.633. The van der Waals surface area contributed by atoms with Gasteiger partial charge >= 0.3 is 0 Å². The van der Waals surface area contributed by atoms with E-state index in [-0.39, 0.29) is 11.9 Å². The van der Waals surface area contributed by atoms with Crippen molar-refractivity contribution in [1.29, 1.82) is 0 Å². The Hall–Kier alpha value is -1.79. The van der Waals surface area contributed by atoms with Gasteiger partial charge in [0.25, 0.3) is 0 Å². The second-order valence-electron chi connectivity index (χ2n) is 5.11. The normalized spacial score (nSPS) is 11.8. The third-order valence-electron chi connectivity index (χ3n) is 3.41. The van der Waals surface area contributed by atoms with Crippen LogP contribution in [0.25, 0.3) is 0 Å². The van der Waals surface area contributed by atoms with Gasteiger partial charge in [-0.15, -0.1) is 0 Å². The number of methoxy groups -OCH3 is 3. The molecule has 0 bridgehead atoms. The second-order valence-corrected chi connectivity index (χ2v) is 5.11. The smallest absolute Gasteiger partial charge is 0.220 e. The summed E-state index contributed by atoms with van der Waals surface area (Å²) in [6.07, 6.45) is 1.10. The predicted molar refractivity (Wildman–Crippen MR) is 88.0 cm³/mol. The number of hydrogen-bond acceptors (Lipinski definition) is 5. The van der Waals surface area contributed by atoms with E-state index in [4.69, 9.17) is 18.9 Å². The van der Waals surface area contributed by atoms with Crippen LogP contribution in [0, 0.1) is 0 Å². The number of rotatable bonds is 11. The van der Waals surface area contributed by atoms with Crippen molar-refractivity contribution in [2.24, 2.45) is 0 Å². The van der Waals surface area contributed by atoms with E-state index in [1.54, 1.807) is 21.3 Å². The number of ether oxygens (including phenoxy) is 4. The van der Waals surface area contributed by atoms with Gasteiger partial charge in [-0.1, -0.05) is 0 Å². The van der Waals surface area contributed by atoms with Gasteiger partial charge in [-0.05, 0) is 31.5 Å². The lowest BCUT2D eigenvalue weighted by Crippen LogP contribution is -2.27. The van der Waals surface area contributed by atoms with Gasteiger partial charge in [-0.2, -0.15) is 0 Å². The minimum absolute atomic E-state index is 0.0160. The van der Waals surface area contributed by atoms with Crippen LogP contribution in [-0.4, -0.2) is 47.1 Å². The molecule has 130 valence electrons. The van der Waals surface area contributed by atoms with Crippen molar-refractivity contribution in [3.8, 4) is 11.5 Å². The third-order valence-corrected chi connectivity index (χ3v) is 3.41. The molecule has 0 unspecified atom stereocenters. The molecule has 1 atom stereocenters. The molecule has 23 heavy (non-hydrogen) atoms. The van der Waals surface area contributed by atoms with E-state index < -0.39 is 0 Å². The van der Waals surface area contributed by atoms with Crippen LogP contribution in [-0.2, 0) is 14.3 Å². The first-order valence-corrected chi connectivity index (χ1v) is 7.70. The number of nitrogens with one attached hydrogen (secondary N) is 1. The number of carbonyl (C=O) groups excluding carboxylic acids is 1. The summed E-state index contributed by atoms with van der Waals surface area (Å²) in [6, 6.07) is 5.37. The molecule has 0 spiro atoms. The molecule has 1 aromatic carbocycles. The monoisotopic (exact) mass is 325 g/mol. The molecular weight excluding hydrogens is 298 g/mol. The number of hydrogen-bond donors (Lipinski definition) is 1. The summed E-state index contributed by atoms with van der Waals surface area (Å²) in [6.45, 7) is 3.59. The molecule has 1 N–H and O–H groups in total. The molecule has 6 nitrogen and oxygen atoms in total. The van der Waals surface area contributed by atoms with Crippen LogP contribution < -0.4 is 14.8 Å². The summed E-state index contributed by atoms with van der Waals surface area (Å²) in [5.41, 5.74) is 0.886. The first-order chi connectivity index (χ1) is 11.1. The van der Waals surface area contributed by atoms with Gasteiger partial charge in [0.05, 0.1) is 33.5 Å². The minimum Gasteiger partial charge on any atom is -0.497 e. The van der Waals surface area contributed by atoms with Gasteiger partial charge in [-0.3, -0.25) is 4.79 Å². The number of amides is 1. The Morgan fingerprint density at radius 2 is 1.91 bits per heavy atom. The fraction of sp³-hybridized carbons (Fsp3) is 0.588. The zero-order valence-corrected chi connectivity index (χ0v) is 14.4. The highest BCUT2D eigenvalue weighted by molar-refractivity contribution is 5.76. The van der Waals surface area contributed by atoms with Gasteiger partial charge in [0.1, 0.15) is 11.5 Å². The lowest BCUT2D eigenvalue weighted by Gasteiger charge is -2.18. The zero-order valence-electron chi connectivity index (χ0n) is 14.4. The Morgan fingerprint density at radius 3 is 2.57 bits per heavy atom. The highest BCUT2D eigenvalue weighted by Gasteiger charge is 2.15. The standard InChI is InChI=1S/C17H27NO5/c1-13(15-12-14(21-3)7-8-16(15)22-4)18-17(19)6-5-9-23-11-10-20-2/h7-8,12-13H,5-6,9-11H2,1-4H3,(H,18,19)/t13-/m1/s1. The maximum atomic E-state index is 12.0.